The highest BCUT2D eigenvalue weighted by atomic mass is 19.4. The number of halogens is 3. The van der Waals surface area contributed by atoms with Crippen LogP contribution in [0.15, 0.2) is 36.4 Å². The minimum atomic E-state index is -4.51. The van der Waals surface area contributed by atoms with E-state index in [2.05, 4.69) is 10.3 Å². The Hall–Kier alpha value is -2.37. The van der Waals surface area contributed by atoms with E-state index in [-0.39, 0.29) is 11.3 Å². The fourth-order valence-corrected chi connectivity index (χ4v) is 2.06. The number of carbonyl (C=O) groups is 1. The molecule has 2 aromatic rings. The van der Waals surface area contributed by atoms with Crippen molar-refractivity contribution in [3.05, 3.63) is 64.5 Å². The van der Waals surface area contributed by atoms with E-state index < -0.39 is 17.8 Å². The predicted octanol–water partition coefficient (Wildman–Crippen LogP) is 3.65. The standard InChI is InChI=1S/C16H15F3N2O/c1-10-4-3-5-12(8-10)9-20-15(22)13-6-7-14(16(17,18)19)21-11(13)2/h3-8H,9H2,1-2H3,(H,20,22). The third-order valence-electron chi connectivity index (χ3n) is 3.16. The van der Waals surface area contributed by atoms with Gasteiger partial charge in [-0.3, -0.25) is 4.79 Å². The summed E-state index contributed by atoms with van der Waals surface area (Å²) in [5.41, 5.74) is 1.18. The molecule has 1 N–H and O–H groups in total. The van der Waals surface area contributed by atoms with Crippen molar-refractivity contribution in [3.8, 4) is 0 Å². The van der Waals surface area contributed by atoms with Crippen molar-refractivity contribution in [1.29, 1.82) is 0 Å². The summed E-state index contributed by atoms with van der Waals surface area (Å²) >= 11 is 0. The summed E-state index contributed by atoms with van der Waals surface area (Å²) in [6.45, 7) is 3.63. The maximum atomic E-state index is 12.5. The number of alkyl halides is 3. The number of hydrogen-bond acceptors (Lipinski definition) is 2. The van der Waals surface area contributed by atoms with E-state index in [1.807, 2.05) is 31.2 Å². The molecule has 0 bridgehead atoms. The summed E-state index contributed by atoms with van der Waals surface area (Å²) in [6.07, 6.45) is -4.51. The van der Waals surface area contributed by atoms with Gasteiger partial charge in [0.25, 0.3) is 5.91 Å². The Morgan fingerprint density at radius 2 is 1.91 bits per heavy atom. The number of aromatic nitrogens is 1. The molecule has 6 heteroatoms. The molecule has 0 aliphatic heterocycles. The fraction of sp³-hybridized carbons (Fsp3) is 0.250. The topological polar surface area (TPSA) is 42.0 Å². The van der Waals surface area contributed by atoms with Gasteiger partial charge in [0.2, 0.25) is 0 Å². The lowest BCUT2D eigenvalue weighted by Gasteiger charge is -2.10. The van der Waals surface area contributed by atoms with Gasteiger partial charge in [0.05, 0.1) is 11.3 Å². The number of hydrogen-bond donors (Lipinski definition) is 1. The maximum absolute atomic E-state index is 12.5. The Morgan fingerprint density at radius 3 is 2.50 bits per heavy atom. The van der Waals surface area contributed by atoms with Crippen LogP contribution < -0.4 is 5.32 Å². The number of amides is 1. The number of carbonyl (C=O) groups excluding carboxylic acids is 1. The quantitative estimate of drug-likeness (QED) is 0.940. The van der Waals surface area contributed by atoms with Crippen LogP contribution in [0, 0.1) is 13.8 Å². The Morgan fingerprint density at radius 1 is 1.18 bits per heavy atom. The van der Waals surface area contributed by atoms with Crippen molar-refractivity contribution < 1.29 is 18.0 Å². The summed E-state index contributed by atoms with van der Waals surface area (Å²) in [6, 6.07) is 9.57. The molecule has 0 atom stereocenters. The van der Waals surface area contributed by atoms with Gasteiger partial charge in [-0.15, -0.1) is 0 Å². The summed E-state index contributed by atoms with van der Waals surface area (Å²) in [4.78, 5) is 15.5. The van der Waals surface area contributed by atoms with E-state index in [4.69, 9.17) is 0 Å². The zero-order chi connectivity index (χ0) is 16.3. The molecule has 1 amide bonds. The highest BCUT2D eigenvalue weighted by Gasteiger charge is 2.33. The summed E-state index contributed by atoms with van der Waals surface area (Å²) in [5.74, 6) is -0.444. The molecule has 0 saturated carbocycles. The third kappa shape index (κ3) is 3.84. The summed E-state index contributed by atoms with van der Waals surface area (Å²) in [7, 11) is 0. The zero-order valence-corrected chi connectivity index (χ0v) is 12.2. The monoisotopic (exact) mass is 308 g/mol. The van der Waals surface area contributed by atoms with E-state index in [1.54, 1.807) is 0 Å². The molecule has 0 radical (unpaired) electrons. The van der Waals surface area contributed by atoms with Crippen LogP contribution in [0.25, 0.3) is 0 Å². The van der Waals surface area contributed by atoms with Gasteiger partial charge in [-0.1, -0.05) is 29.8 Å². The van der Waals surface area contributed by atoms with Gasteiger partial charge >= 0.3 is 6.18 Å². The molecule has 0 unspecified atom stereocenters. The molecule has 0 aliphatic carbocycles. The van der Waals surface area contributed by atoms with Crippen LogP contribution in [-0.4, -0.2) is 10.9 Å². The van der Waals surface area contributed by atoms with E-state index in [1.165, 1.54) is 6.92 Å². The number of rotatable bonds is 3. The molecule has 0 fully saturated rings. The van der Waals surface area contributed by atoms with Crippen LogP contribution in [-0.2, 0) is 12.7 Å². The van der Waals surface area contributed by atoms with E-state index in [0.29, 0.717) is 6.54 Å². The molecule has 1 aromatic carbocycles. The van der Waals surface area contributed by atoms with Crippen molar-refractivity contribution in [2.24, 2.45) is 0 Å². The summed E-state index contributed by atoms with van der Waals surface area (Å²) in [5, 5.41) is 2.68. The lowest BCUT2D eigenvalue weighted by atomic mass is 10.1. The van der Waals surface area contributed by atoms with Gasteiger partial charge in [-0.2, -0.15) is 13.2 Å². The number of benzene rings is 1. The lowest BCUT2D eigenvalue weighted by molar-refractivity contribution is -0.141. The van der Waals surface area contributed by atoms with Crippen molar-refractivity contribution in [3.63, 3.8) is 0 Å². The smallest absolute Gasteiger partial charge is 0.348 e. The van der Waals surface area contributed by atoms with Gasteiger partial charge in [0.15, 0.2) is 0 Å². The minimum Gasteiger partial charge on any atom is -0.348 e. The predicted molar refractivity (Wildman–Crippen MR) is 76.3 cm³/mol. The average molecular weight is 308 g/mol. The van der Waals surface area contributed by atoms with Gasteiger partial charge in [0.1, 0.15) is 5.69 Å². The molecular weight excluding hydrogens is 293 g/mol. The second kappa shape index (κ2) is 6.17. The summed E-state index contributed by atoms with van der Waals surface area (Å²) < 4.78 is 37.6. The van der Waals surface area contributed by atoms with Gasteiger partial charge < -0.3 is 5.32 Å². The fourth-order valence-electron chi connectivity index (χ4n) is 2.06. The third-order valence-corrected chi connectivity index (χ3v) is 3.16. The Balaban J connectivity index is 2.10. The van der Waals surface area contributed by atoms with Crippen LogP contribution >= 0.6 is 0 Å². The molecule has 22 heavy (non-hydrogen) atoms. The first-order chi connectivity index (χ1) is 10.3. The van der Waals surface area contributed by atoms with E-state index in [9.17, 15) is 18.0 Å². The number of aryl methyl sites for hydroxylation is 2. The maximum Gasteiger partial charge on any atom is 0.433 e. The van der Waals surface area contributed by atoms with Crippen LogP contribution in [0.5, 0.6) is 0 Å². The number of nitrogens with zero attached hydrogens (tertiary/aromatic N) is 1. The molecule has 0 spiro atoms. The Kier molecular flexibility index (Phi) is 4.49. The molecule has 3 nitrogen and oxygen atoms in total. The Bertz CT molecular complexity index is 696. The normalized spacial score (nSPS) is 11.3. The largest absolute Gasteiger partial charge is 0.433 e. The first-order valence-electron chi connectivity index (χ1n) is 6.66. The molecule has 1 heterocycles. The number of nitrogens with one attached hydrogen (secondary N) is 1. The molecule has 0 aliphatic rings. The highest BCUT2D eigenvalue weighted by Crippen LogP contribution is 2.28. The van der Waals surface area contributed by atoms with E-state index >= 15 is 0 Å². The SMILES string of the molecule is Cc1cccc(CNC(=O)c2ccc(C(F)(F)F)nc2C)c1. The van der Waals surface area contributed by atoms with Crippen LogP contribution in [0.4, 0.5) is 13.2 Å². The highest BCUT2D eigenvalue weighted by molar-refractivity contribution is 5.95. The van der Waals surface area contributed by atoms with Crippen molar-refractivity contribution in [1.82, 2.24) is 10.3 Å². The number of pyridine rings is 1. The van der Waals surface area contributed by atoms with Gasteiger partial charge in [0, 0.05) is 6.54 Å². The second-order valence-electron chi connectivity index (χ2n) is 5.00. The Labute approximate surface area is 126 Å². The first-order valence-corrected chi connectivity index (χ1v) is 6.66. The van der Waals surface area contributed by atoms with E-state index in [0.717, 1.165) is 23.3 Å². The lowest BCUT2D eigenvalue weighted by Crippen LogP contribution is -2.24. The second-order valence-corrected chi connectivity index (χ2v) is 5.00. The van der Waals surface area contributed by atoms with Crippen molar-refractivity contribution in [2.75, 3.05) is 0 Å². The zero-order valence-electron chi connectivity index (χ0n) is 12.2. The van der Waals surface area contributed by atoms with Crippen molar-refractivity contribution in [2.45, 2.75) is 26.6 Å². The van der Waals surface area contributed by atoms with Gasteiger partial charge in [-0.25, -0.2) is 4.98 Å². The molecular formula is C16H15F3N2O. The van der Waals surface area contributed by atoms with Gasteiger partial charge in [-0.05, 0) is 31.5 Å². The molecule has 0 saturated heterocycles. The molecule has 1 aromatic heterocycles. The van der Waals surface area contributed by atoms with Crippen LogP contribution in [0.2, 0.25) is 0 Å². The molecule has 116 valence electrons. The van der Waals surface area contributed by atoms with Crippen LogP contribution in [0.1, 0.15) is 32.9 Å². The average Bonchev–Trinajstić information content (AvgIpc) is 2.44. The first kappa shape index (κ1) is 16.0. The van der Waals surface area contributed by atoms with Crippen LogP contribution in [0.3, 0.4) is 0 Å². The molecule has 2 rings (SSSR count). The van der Waals surface area contributed by atoms with Crippen molar-refractivity contribution >= 4 is 5.91 Å². The minimum absolute atomic E-state index is 0.0524.